The largest absolute Gasteiger partial charge is 0.381 e. The molecule has 0 aromatic heterocycles. The second-order valence-corrected chi connectivity index (χ2v) is 18.2. The van der Waals surface area contributed by atoms with Crippen molar-refractivity contribution in [3.05, 3.63) is 143 Å². The van der Waals surface area contributed by atoms with Gasteiger partial charge in [0.1, 0.15) is 0 Å². The molecule has 2 fully saturated rings. The lowest BCUT2D eigenvalue weighted by Gasteiger charge is -2.34. The third-order valence-electron chi connectivity index (χ3n) is 11.0. The number of rotatable bonds is 15. The van der Waals surface area contributed by atoms with Gasteiger partial charge in [0.15, 0.2) is 0 Å². The summed E-state index contributed by atoms with van der Waals surface area (Å²) >= 11 is 7.95. The number of ether oxygens (including phenoxy) is 1. The van der Waals surface area contributed by atoms with Crippen LogP contribution >= 0.6 is 23.4 Å². The lowest BCUT2D eigenvalue weighted by atomic mass is 9.87. The Bertz CT molecular complexity index is 2190. The summed E-state index contributed by atoms with van der Waals surface area (Å²) in [5.74, 6) is 0.779. The minimum absolute atomic E-state index is 0.0534. The van der Waals surface area contributed by atoms with Crippen molar-refractivity contribution < 1.29 is 17.9 Å². The molecule has 2 aliphatic heterocycles. The lowest BCUT2D eigenvalue weighted by Crippen LogP contribution is -2.39. The highest BCUT2D eigenvalue weighted by molar-refractivity contribution is 7.99. The van der Waals surface area contributed by atoms with E-state index in [1.807, 2.05) is 49.4 Å². The number of morpholine rings is 1. The van der Waals surface area contributed by atoms with Crippen molar-refractivity contribution in [2.75, 3.05) is 61.9 Å². The summed E-state index contributed by atoms with van der Waals surface area (Å²) in [5, 5.41) is 4.43. The highest BCUT2D eigenvalue weighted by Gasteiger charge is 2.24. The molecule has 0 spiro atoms. The van der Waals surface area contributed by atoms with Crippen LogP contribution in [-0.4, -0.2) is 77.0 Å². The van der Waals surface area contributed by atoms with Gasteiger partial charge in [-0.15, -0.1) is 11.8 Å². The van der Waals surface area contributed by atoms with Crippen LogP contribution in [0.5, 0.6) is 0 Å². The number of hydrogen-bond donors (Lipinski definition) is 2. The first kappa shape index (κ1) is 40.9. The van der Waals surface area contributed by atoms with E-state index in [1.165, 1.54) is 21.6 Å². The SMILES string of the molecule is Cc1cc(S(=O)(=O)NC(=O)c2ccc(N3CCC(Cc4ccccc4-c4ccc(Cl)cc4)CC3)cc2)ccc1N[C@H](CCN1CCOCC1)CSc1ccccc1. The van der Waals surface area contributed by atoms with Crippen molar-refractivity contribution in [2.45, 2.75) is 48.4 Å². The van der Waals surface area contributed by atoms with Gasteiger partial charge >= 0.3 is 0 Å². The van der Waals surface area contributed by atoms with Gasteiger partial charge in [-0.05, 0) is 128 Å². The number of amides is 1. The first-order chi connectivity index (χ1) is 27.7. The van der Waals surface area contributed by atoms with Gasteiger partial charge in [0.25, 0.3) is 15.9 Å². The minimum Gasteiger partial charge on any atom is -0.381 e. The lowest BCUT2D eigenvalue weighted by molar-refractivity contribution is 0.0370. The second kappa shape index (κ2) is 19.4. The molecule has 0 aliphatic carbocycles. The maximum absolute atomic E-state index is 13.4. The summed E-state index contributed by atoms with van der Waals surface area (Å²) in [6.45, 7) is 8.07. The number of nitrogens with one attached hydrogen (secondary N) is 2. The Morgan fingerprint density at radius 2 is 1.56 bits per heavy atom. The van der Waals surface area contributed by atoms with Crippen molar-refractivity contribution in [2.24, 2.45) is 5.92 Å². The number of anilines is 2. The number of nitrogens with zero attached hydrogens (tertiary/aromatic N) is 2. The number of aryl methyl sites for hydroxylation is 1. The Morgan fingerprint density at radius 3 is 2.28 bits per heavy atom. The number of benzene rings is 5. The van der Waals surface area contributed by atoms with E-state index in [0.29, 0.717) is 11.5 Å². The minimum atomic E-state index is -4.10. The Balaban J connectivity index is 0.926. The van der Waals surface area contributed by atoms with Crippen molar-refractivity contribution in [1.82, 2.24) is 9.62 Å². The molecular formula is C46H51ClN4O4S2. The van der Waals surface area contributed by atoms with Gasteiger partial charge in [-0.25, -0.2) is 13.1 Å². The highest BCUT2D eigenvalue weighted by Crippen LogP contribution is 2.31. The molecule has 2 saturated heterocycles. The van der Waals surface area contributed by atoms with Crippen LogP contribution in [0.15, 0.2) is 131 Å². The molecule has 1 atom stereocenters. The van der Waals surface area contributed by atoms with E-state index in [4.69, 9.17) is 16.3 Å². The van der Waals surface area contributed by atoms with Gasteiger partial charge in [-0.2, -0.15) is 0 Å². The molecule has 57 heavy (non-hydrogen) atoms. The normalized spacial score (nSPS) is 15.9. The molecule has 2 heterocycles. The average Bonchev–Trinajstić information content (AvgIpc) is 3.24. The number of sulfonamides is 1. The predicted octanol–water partition coefficient (Wildman–Crippen LogP) is 9.19. The second-order valence-electron chi connectivity index (χ2n) is 15.0. The van der Waals surface area contributed by atoms with Crippen molar-refractivity contribution >= 4 is 50.7 Å². The van der Waals surface area contributed by atoms with E-state index in [9.17, 15) is 13.2 Å². The molecule has 2 N–H and O–H groups in total. The molecule has 5 aromatic carbocycles. The van der Waals surface area contributed by atoms with Crippen molar-refractivity contribution in [1.29, 1.82) is 0 Å². The zero-order valence-corrected chi connectivity index (χ0v) is 34.8. The molecule has 5 aromatic rings. The van der Waals surface area contributed by atoms with E-state index < -0.39 is 15.9 Å². The average molecular weight is 824 g/mol. The van der Waals surface area contributed by atoms with Gasteiger partial charge in [0.2, 0.25) is 0 Å². The van der Waals surface area contributed by atoms with E-state index in [0.717, 1.165) is 99.3 Å². The first-order valence-electron chi connectivity index (χ1n) is 19.8. The molecule has 2 aliphatic rings. The molecule has 11 heteroatoms. The Hall–Kier alpha value is -4.32. The van der Waals surface area contributed by atoms with Crippen LogP contribution in [0.1, 0.15) is 40.7 Å². The molecule has 0 saturated carbocycles. The Morgan fingerprint density at radius 1 is 0.860 bits per heavy atom. The summed E-state index contributed by atoms with van der Waals surface area (Å²) in [6.07, 6.45) is 4.08. The molecular weight excluding hydrogens is 772 g/mol. The molecule has 8 nitrogen and oxygen atoms in total. The van der Waals surface area contributed by atoms with Crippen LogP contribution in [0.25, 0.3) is 11.1 Å². The number of carbonyl (C=O) groups excluding carboxylic acids is 1. The molecule has 7 rings (SSSR count). The van der Waals surface area contributed by atoms with Crippen LogP contribution < -0.4 is 14.9 Å². The molecule has 0 bridgehead atoms. The summed E-state index contributed by atoms with van der Waals surface area (Å²) in [6, 6.07) is 39.4. The van der Waals surface area contributed by atoms with E-state index in [2.05, 4.69) is 68.4 Å². The quantitative estimate of drug-likeness (QED) is 0.101. The zero-order chi connectivity index (χ0) is 39.6. The smallest absolute Gasteiger partial charge is 0.264 e. The Labute approximate surface area is 347 Å². The van der Waals surface area contributed by atoms with Gasteiger partial charge in [-0.3, -0.25) is 9.69 Å². The topological polar surface area (TPSA) is 91.0 Å². The van der Waals surface area contributed by atoms with Crippen LogP contribution in [-0.2, 0) is 21.2 Å². The summed E-state index contributed by atoms with van der Waals surface area (Å²) in [5.41, 5.74) is 6.78. The fourth-order valence-corrected chi connectivity index (χ4v) is 9.82. The summed E-state index contributed by atoms with van der Waals surface area (Å²) in [4.78, 5) is 19.3. The number of hydrogen-bond acceptors (Lipinski definition) is 8. The number of thioether (sulfide) groups is 1. The van der Waals surface area contributed by atoms with E-state index in [-0.39, 0.29) is 10.9 Å². The van der Waals surface area contributed by atoms with Gasteiger partial charge in [0, 0.05) is 71.4 Å². The van der Waals surface area contributed by atoms with Crippen molar-refractivity contribution in [3.8, 4) is 11.1 Å². The third-order valence-corrected chi connectivity index (χ3v) is 13.7. The standard InChI is InChI=1S/C46H51ClN4O4S2/c1-34-31-43(19-20-45(34)48-40(23-24-50-27-29-55-30-28-50)33-56-42-8-3-2-4-9-42)57(53,54)49-46(52)37-13-17-41(18-14-37)51-25-21-35(22-26-51)32-38-7-5-6-10-44(38)36-11-15-39(47)16-12-36/h2-20,31,35,40,48H,21-30,32-33H2,1H3,(H,49,52)/t40-/m1/s1. The maximum Gasteiger partial charge on any atom is 0.264 e. The number of halogens is 1. The van der Waals surface area contributed by atoms with Crippen LogP contribution in [0.4, 0.5) is 11.4 Å². The van der Waals surface area contributed by atoms with Gasteiger partial charge in [0.05, 0.1) is 18.1 Å². The van der Waals surface area contributed by atoms with Crippen LogP contribution in [0, 0.1) is 12.8 Å². The third kappa shape index (κ3) is 11.2. The fourth-order valence-electron chi connectivity index (χ4n) is 7.64. The van der Waals surface area contributed by atoms with Crippen LogP contribution in [0.2, 0.25) is 5.02 Å². The first-order valence-corrected chi connectivity index (χ1v) is 22.7. The maximum atomic E-state index is 13.4. The highest BCUT2D eigenvalue weighted by atomic mass is 35.5. The number of carbonyl (C=O) groups is 1. The van der Waals surface area contributed by atoms with Gasteiger partial charge in [-0.1, -0.05) is 66.2 Å². The number of piperidine rings is 1. The molecule has 0 radical (unpaired) electrons. The van der Waals surface area contributed by atoms with E-state index in [1.54, 1.807) is 42.1 Å². The summed E-state index contributed by atoms with van der Waals surface area (Å²) in [7, 11) is -4.10. The van der Waals surface area contributed by atoms with Crippen LogP contribution in [0.3, 0.4) is 0 Å². The fraction of sp³-hybridized carbons (Fsp3) is 0.326. The van der Waals surface area contributed by atoms with Crippen molar-refractivity contribution in [3.63, 3.8) is 0 Å². The summed E-state index contributed by atoms with van der Waals surface area (Å²) < 4.78 is 34.7. The molecule has 0 unspecified atom stereocenters. The monoisotopic (exact) mass is 822 g/mol. The van der Waals surface area contributed by atoms with Gasteiger partial charge < -0.3 is 15.0 Å². The van der Waals surface area contributed by atoms with E-state index >= 15 is 0 Å². The molecule has 298 valence electrons. The Kier molecular flexibility index (Phi) is 13.9. The predicted molar refractivity (Wildman–Crippen MR) is 234 cm³/mol. The zero-order valence-electron chi connectivity index (χ0n) is 32.4. The molecule has 1 amide bonds.